The van der Waals surface area contributed by atoms with Crippen LogP contribution in [-0.4, -0.2) is 5.01 Å². The number of rotatable bonds is 2. The monoisotopic (exact) mass is 240 g/mol. The van der Waals surface area contributed by atoms with E-state index >= 15 is 0 Å². The maximum Gasteiger partial charge on any atom is 0.381 e. The number of halogens is 3. The molecule has 0 radical (unpaired) electrons. The Kier molecular flexibility index (Phi) is 3.96. The average molecular weight is 242 g/mol. The van der Waals surface area contributed by atoms with Gasteiger partial charge in [-0.05, 0) is 29.4 Å². The molecule has 6 heteroatoms. The van der Waals surface area contributed by atoms with E-state index in [1.807, 2.05) is 0 Å². The van der Waals surface area contributed by atoms with Gasteiger partial charge in [-0.2, -0.15) is 0 Å². The summed E-state index contributed by atoms with van der Waals surface area (Å²) < 4.78 is 14.7. The third kappa shape index (κ3) is 7.25. The maximum atomic E-state index is 10.3. The fraction of sp³-hybridized carbons (Fsp3) is 1.00. The van der Waals surface area contributed by atoms with Gasteiger partial charge in [0.15, 0.2) is 0 Å². The van der Waals surface area contributed by atoms with Crippen molar-refractivity contribution in [1.82, 2.24) is 0 Å². The minimum absolute atomic E-state index is 0.372. The first-order valence-corrected chi connectivity index (χ1v) is 6.08. The van der Waals surface area contributed by atoms with Crippen molar-refractivity contribution in [2.24, 2.45) is 0 Å². The van der Waals surface area contributed by atoms with Gasteiger partial charge in [0.05, 0.1) is 0 Å². The van der Waals surface area contributed by atoms with Gasteiger partial charge in [-0.1, -0.05) is 15.9 Å². The SMILES string of the molecule is CC(Br)OP(=O)(Cl)Cl. The fourth-order valence-corrected chi connectivity index (χ4v) is 2.51. The molecule has 0 aliphatic carbocycles. The normalized spacial score (nSPS) is 16.0. The standard InChI is InChI=1S/C2H4BrCl2O2P/c1-2(3)7-8(4,5)6/h2H,1H3. The van der Waals surface area contributed by atoms with E-state index in [9.17, 15) is 4.57 Å². The van der Waals surface area contributed by atoms with Crippen molar-refractivity contribution in [3.8, 4) is 0 Å². The lowest BCUT2D eigenvalue weighted by molar-refractivity contribution is 0.331. The minimum atomic E-state index is -3.32. The van der Waals surface area contributed by atoms with Crippen molar-refractivity contribution in [2.45, 2.75) is 11.9 Å². The molecule has 0 N–H and O–H groups in total. The second-order valence-corrected chi connectivity index (χ2v) is 6.58. The topological polar surface area (TPSA) is 26.3 Å². The zero-order chi connectivity index (χ0) is 6.78. The molecule has 0 aromatic rings. The van der Waals surface area contributed by atoms with Crippen LogP contribution in [0.2, 0.25) is 0 Å². The van der Waals surface area contributed by atoms with E-state index in [0.717, 1.165) is 0 Å². The van der Waals surface area contributed by atoms with Crippen LogP contribution in [0.5, 0.6) is 0 Å². The summed E-state index contributed by atoms with van der Waals surface area (Å²) in [6.07, 6.45) is -3.32. The Hall–Kier alpha value is 1.25. The third-order valence-corrected chi connectivity index (χ3v) is 1.78. The summed E-state index contributed by atoms with van der Waals surface area (Å²) in [5.74, 6) is 0. The molecule has 0 aliphatic heterocycles. The molecule has 0 spiro atoms. The van der Waals surface area contributed by atoms with Gasteiger partial charge in [-0.3, -0.25) is 9.09 Å². The predicted octanol–water partition coefficient (Wildman–Crippen LogP) is 3.33. The van der Waals surface area contributed by atoms with E-state index in [-0.39, 0.29) is 5.01 Å². The summed E-state index contributed by atoms with van der Waals surface area (Å²) in [5.41, 5.74) is 0. The van der Waals surface area contributed by atoms with Crippen LogP contribution in [0, 0.1) is 0 Å². The van der Waals surface area contributed by atoms with E-state index in [2.05, 4.69) is 20.5 Å². The molecule has 0 amide bonds. The highest BCUT2D eigenvalue weighted by atomic mass is 79.9. The van der Waals surface area contributed by atoms with Crippen molar-refractivity contribution in [2.75, 3.05) is 0 Å². The van der Waals surface area contributed by atoms with Crippen LogP contribution in [0.4, 0.5) is 0 Å². The summed E-state index contributed by atoms with van der Waals surface area (Å²) >= 11 is 12.9. The van der Waals surface area contributed by atoms with Gasteiger partial charge in [0.1, 0.15) is 5.01 Å². The lowest BCUT2D eigenvalue weighted by Gasteiger charge is -2.03. The third-order valence-electron chi connectivity index (χ3n) is 0.268. The molecule has 1 unspecified atom stereocenters. The summed E-state index contributed by atoms with van der Waals surface area (Å²) in [5, 5.41) is -0.372. The molecule has 0 rings (SSSR count). The molecular weight excluding hydrogens is 238 g/mol. The first kappa shape index (κ1) is 9.25. The molecule has 50 valence electrons. The molecule has 2 nitrogen and oxygen atoms in total. The van der Waals surface area contributed by atoms with Gasteiger partial charge in [0, 0.05) is 0 Å². The van der Waals surface area contributed by atoms with Crippen molar-refractivity contribution in [3.63, 3.8) is 0 Å². The Balaban J connectivity index is 3.56. The summed E-state index contributed by atoms with van der Waals surface area (Å²) in [6.45, 7) is 1.62. The van der Waals surface area contributed by atoms with E-state index in [1.165, 1.54) is 0 Å². The Morgan fingerprint density at radius 2 is 2.12 bits per heavy atom. The molecule has 0 saturated carbocycles. The van der Waals surface area contributed by atoms with Crippen LogP contribution in [0.25, 0.3) is 0 Å². The Labute approximate surface area is 65.7 Å². The van der Waals surface area contributed by atoms with Crippen LogP contribution in [-0.2, 0) is 9.09 Å². The molecule has 1 atom stereocenters. The smallest absolute Gasteiger partial charge is 0.292 e. The Morgan fingerprint density at radius 3 is 2.12 bits per heavy atom. The molecule has 0 aromatic heterocycles. The Bertz CT molecular complexity index is 111. The van der Waals surface area contributed by atoms with Crippen molar-refractivity contribution < 1.29 is 9.09 Å². The first-order chi connectivity index (χ1) is 3.42. The van der Waals surface area contributed by atoms with E-state index in [4.69, 9.17) is 22.5 Å². The zero-order valence-corrected chi connectivity index (χ0v) is 7.97. The highest BCUT2D eigenvalue weighted by molar-refractivity contribution is 9.09. The summed E-state index contributed by atoms with van der Waals surface area (Å²) in [6, 6.07) is 0. The molecule has 0 fully saturated rings. The molecule has 0 aromatic carbocycles. The largest absolute Gasteiger partial charge is 0.381 e. The van der Waals surface area contributed by atoms with Crippen LogP contribution in [0.1, 0.15) is 6.92 Å². The first-order valence-electron chi connectivity index (χ1n) is 1.73. The van der Waals surface area contributed by atoms with Crippen molar-refractivity contribution in [3.05, 3.63) is 0 Å². The van der Waals surface area contributed by atoms with Gasteiger partial charge in [0.2, 0.25) is 0 Å². The van der Waals surface area contributed by atoms with Gasteiger partial charge >= 0.3 is 6.07 Å². The average Bonchev–Trinajstić information content (AvgIpc) is 1.21. The van der Waals surface area contributed by atoms with Crippen molar-refractivity contribution >= 4 is 44.5 Å². The Morgan fingerprint density at radius 1 is 1.75 bits per heavy atom. The molecule has 0 aliphatic rings. The van der Waals surface area contributed by atoms with Crippen LogP contribution in [0.3, 0.4) is 0 Å². The van der Waals surface area contributed by atoms with Crippen LogP contribution >= 0.6 is 44.5 Å². The molecule has 0 bridgehead atoms. The van der Waals surface area contributed by atoms with E-state index in [0.29, 0.717) is 0 Å². The lowest BCUT2D eigenvalue weighted by Crippen LogP contribution is -1.88. The van der Waals surface area contributed by atoms with Crippen molar-refractivity contribution in [1.29, 1.82) is 0 Å². The second-order valence-electron chi connectivity index (χ2n) is 1.06. The van der Waals surface area contributed by atoms with E-state index in [1.54, 1.807) is 6.92 Å². The molecule has 8 heavy (non-hydrogen) atoms. The fourth-order valence-electron chi connectivity index (χ4n) is 0.169. The quantitative estimate of drug-likeness (QED) is 0.548. The molecule has 0 saturated heterocycles. The van der Waals surface area contributed by atoms with Gasteiger partial charge in [0.25, 0.3) is 0 Å². The zero-order valence-electron chi connectivity index (χ0n) is 3.97. The highest BCUT2D eigenvalue weighted by Gasteiger charge is 2.16. The number of hydrogen-bond acceptors (Lipinski definition) is 2. The number of alkyl halides is 1. The maximum absolute atomic E-state index is 10.3. The highest BCUT2D eigenvalue weighted by Crippen LogP contribution is 2.58. The van der Waals surface area contributed by atoms with E-state index < -0.39 is 6.07 Å². The second kappa shape index (κ2) is 3.43. The number of hydrogen-bond donors (Lipinski definition) is 0. The lowest BCUT2D eigenvalue weighted by atomic mass is 10.9. The van der Waals surface area contributed by atoms with Crippen LogP contribution < -0.4 is 0 Å². The summed E-state index contributed by atoms with van der Waals surface area (Å²) in [7, 11) is 0. The molecule has 0 heterocycles. The van der Waals surface area contributed by atoms with Gasteiger partial charge in [-0.15, -0.1) is 0 Å². The predicted molar refractivity (Wildman–Crippen MR) is 38.8 cm³/mol. The molecular formula is C2H4BrCl2O2P. The minimum Gasteiger partial charge on any atom is -0.292 e. The van der Waals surface area contributed by atoms with Crippen LogP contribution in [0.15, 0.2) is 0 Å². The van der Waals surface area contributed by atoms with Gasteiger partial charge < -0.3 is 0 Å². The van der Waals surface area contributed by atoms with Gasteiger partial charge in [-0.25, -0.2) is 0 Å². The summed E-state index contributed by atoms with van der Waals surface area (Å²) in [4.78, 5) is 0.